The van der Waals surface area contributed by atoms with E-state index < -0.39 is 33.6 Å². The van der Waals surface area contributed by atoms with Crippen LogP contribution in [0.5, 0.6) is 0 Å². The van der Waals surface area contributed by atoms with Crippen LogP contribution in [0.1, 0.15) is 5.56 Å². The molecule has 0 aromatic heterocycles. The van der Waals surface area contributed by atoms with Gasteiger partial charge in [0.15, 0.2) is 0 Å². The van der Waals surface area contributed by atoms with Gasteiger partial charge in [-0.2, -0.15) is 4.72 Å². The van der Waals surface area contributed by atoms with Crippen LogP contribution < -0.4 is 10.0 Å². The van der Waals surface area contributed by atoms with Crippen molar-refractivity contribution in [2.75, 3.05) is 5.32 Å². The van der Waals surface area contributed by atoms with Gasteiger partial charge >= 0.3 is 0 Å². The maximum atomic E-state index is 14.1. The Balaban J connectivity index is 1.87. The fourth-order valence-corrected chi connectivity index (χ4v) is 4.25. The van der Waals surface area contributed by atoms with Gasteiger partial charge < -0.3 is 5.32 Å². The molecular formula is C21H17BrF2N2O3S. The lowest BCUT2D eigenvalue weighted by Gasteiger charge is -2.19. The minimum atomic E-state index is -4.13. The predicted molar refractivity (Wildman–Crippen MR) is 113 cm³/mol. The van der Waals surface area contributed by atoms with Crippen molar-refractivity contribution in [1.82, 2.24) is 4.72 Å². The first-order valence-electron chi connectivity index (χ1n) is 8.82. The van der Waals surface area contributed by atoms with E-state index in [0.717, 1.165) is 24.3 Å². The topological polar surface area (TPSA) is 75.3 Å². The summed E-state index contributed by atoms with van der Waals surface area (Å²) in [5.41, 5.74) is 0.623. The summed E-state index contributed by atoms with van der Waals surface area (Å²) >= 11 is 3.14. The lowest BCUT2D eigenvalue weighted by atomic mass is 10.1. The van der Waals surface area contributed by atoms with Gasteiger partial charge in [-0.05, 0) is 54.4 Å². The van der Waals surface area contributed by atoms with Crippen molar-refractivity contribution >= 4 is 37.5 Å². The summed E-state index contributed by atoms with van der Waals surface area (Å²) in [6.45, 7) is 0. The third kappa shape index (κ3) is 5.71. The number of carbonyl (C=O) groups is 1. The van der Waals surface area contributed by atoms with Gasteiger partial charge in [0.05, 0.1) is 10.6 Å². The summed E-state index contributed by atoms with van der Waals surface area (Å²) in [4.78, 5) is 12.7. The molecule has 0 saturated carbocycles. The molecule has 156 valence electrons. The molecule has 0 unspecified atom stereocenters. The monoisotopic (exact) mass is 494 g/mol. The first kappa shape index (κ1) is 22.1. The number of hydrogen-bond donors (Lipinski definition) is 2. The number of sulfonamides is 1. The van der Waals surface area contributed by atoms with Crippen LogP contribution in [0.15, 0.2) is 82.2 Å². The molecule has 0 fully saturated rings. The van der Waals surface area contributed by atoms with Crippen LogP contribution in [0, 0.1) is 11.6 Å². The van der Waals surface area contributed by atoms with Gasteiger partial charge in [-0.1, -0.05) is 46.3 Å². The summed E-state index contributed by atoms with van der Waals surface area (Å²) < 4.78 is 55.5. The molecule has 0 aliphatic heterocycles. The highest BCUT2D eigenvalue weighted by Gasteiger charge is 2.27. The number of amides is 1. The van der Waals surface area contributed by atoms with Gasteiger partial charge in [0.25, 0.3) is 0 Å². The van der Waals surface area contributed by atoms with Crippen LogP contribution in [0.25, 0.3) is 0 Å². The van der Waals surface area contributed by atoms with E-state index in [-0.39, 0.29) is 17.0 Å². The molecule has 0 aliphatic rings. The Labute approximate surface area is 181 Å². The largest absolute Gasteiger partial charge is 0.322 e. The number of anilines is 1. The number of halogens is 3. The molecule has 0 heterocycles. The first-order chi connectivity index (χ1) is 14.2. The van der Waals surface area contributed by atoms with E-state index in [9.17, 15) is 22.0 Å². The second-order valence-corrected chi connectivity index (χ2v) is 9.06. The second-order valence-electron chi connectivity index (χ2n) is 6.43. The molecule has 0 spiro atoms. The third-order valence-corrected chi connectivity index (χ3v) is 6.19. The Morgan fingerprint density at radius 1 is 0.967 bits per heavy atom. The van der Waals surface area contributed by atoms with Crippen LogP contribution in [-0.4, -0.2) is 20.4 Å². The van der Waals surface area contributed by atoms with Gasteiger partial charge in [0, 0.05) is 4.47 Å². The number of hydrogen-bond acceptors (Lipinski definition) is 3. The highest BCUT2D eigenvalue weighted by atomic mass is 79.9. The summed E-state index contributed by atoms with van der Waals surface area (Å²) in [7, 11) is -4.13. The van der Waals surface area contributed by atoms with E-state index in [0.29, 0.717) is 10.0 Å². The van der Waals surface area contributed by atoms with E-state index in [4.69, 9.17) is 0 Å². The molecule has 2 N–H and O–H groups in total. The SMILES string of the molecule is O=C(Nc1ccc(Br)cc1F)[C@@H](Cc1ccccc1)NS(=O)(=O)c1ccc(F)cc1. The van der Waals surface area contributed by atoms with Crippen LogP contribution >= 0.6 is 15.9 Å². The number of nitrogens with one attached hydrogen (secondary N) is 2. The molecule has 5 nitrogen and oxygen atoms in total. The zero-order valence-corrected chi connectivity index (χ0v) is 17.9. The molecule has 0 aliphatic carbocycles. The lowest BCUT2D eigenvalue weighted by Crippen LogP contribution is -2.45. The maximum Gasteiger partial charge on any atom is 0.242 e. The lowest BCUT2D eigenvalue weighted by molar-refractivity contribution is -0.117. The van der Waals surface area contributed by atoms with Crippen molar-refractivity contribution in [3.8, 4) is 0 Å². The van der Waals surface area contributed by atoms with E-state index in [1.165, 1.54) is 12.1 Å². The molecule has 1 amide bonds. The Morgan fingerprint density at radius 2 is 1.63 bits per heavy atom. The standard InChI is InChI=1S/C21H17BrF2N2O3S/c22-15-6-11-19(18(24)13-15)25-21(27)20(12-14-4-2-1-3-5-14)26-30(28,29)17-9-7-16(23)8-10-17/h1-11,13,20,26H,12H2,(H,25,27)/t20-/m1/s1. The Kier molecular flexibility index (Phi) is 6.96. The van der Waals surface area contributed by atoms with Crippen molar-refractivity contribution in [2.24, 2.45) is 0 Å². The molecule has 0 saturated heterocycles. The first-order valence-corrected chi connectivity index (χ1v) is 11.1. The molecule has 3 aromatic carbocycles. The summed E-state index contributed by atoms with van der Waals surface area (Å²) in [5, 5.41) is 2.42. The van der Waals surface area contributed by atoms with Crippen LogP contribution in [0.2, 0.25) is 0 Å². The Hall–Kier alpha value is -2.62. The fourth-order valence-electron chi connectivity index (χ4n) is 2.72. The van der Waals surface area contributed by atoms with Crippen molar-refractivity contribution in [3.63, 3.8) is 0 Å². The van der Waals surface area contributed by atoms with Gasteiger partial charge in [-0.15, -0.1) is 0 Å². The quantitative estimate of drug-likeness (QED) is 0.515. The molecular weight excluding hydrogens is 478 g/mol. The number of benzene rings is 3. The average molecular weight is 495 g/mol. The highest BCUT2D eigenvalue weighted by Crippen LogP contribution is 2.20. The third-order valence-electron chi connectivity index (χ3n) is 4.21. The molecule has 9 heteroatoms. The van der Waals surface area contributed by atoms with Gasteiger partial charge in [0.1, 0.15) is 17.7 Å². The van der Waals surface area contributed by atoms with Gasteiger partial charge in [-0.3, -0.25) is 4.79 Å². The van der Waals surface area contributed by atoms with E-state index >= 15 is 0 Å². The highest BCUT2D eigenvalue weighted by molar-refractivity contribution is 9.10. The van der Waals surface area contributed by atoms with Crippen LogP contribution in [-0.2, 0) is 21.2 Å². The van der Waals surface area contributed by atoms with Crippen molar-refractivity contribution in [3.05, 3.63) is 94.5 Å². The molecule has 0 bridgehead atoms. The minimum absolute atomic E-state index is 0.0330. The Morgan fingerprint density at radius 3 is 2.27 bits per heavy atom. The van der Waals surface area contributed by atoms with Crippen molar-refractivity contribution < 1.29 is 22.0 Å². The summed E-state index contributed by atoms with van der Waals surface area (Å²) in [6, 6.07) is 15.9. The second kappa shape index (κ2) is 9.46. The average Bonchev–Trinajstić information content (AvgIpc) is 2.70. The molecule has 0 radical (unpaired) electrons. The molecule has 3 rings (SSSR count). The predicted octanol–water partition coefficient (Wildman–Crippen LogP) is 4.26. The van der Waals surface area contributed by atoms with Crippen molar-refractivity contribution in [1.29, 1.82) is 0 Å². The van der Waals surface area contributed by atoms with E-state index in [2.05, 4.69) is 26.0 Å². The summed E-state index contributed by atoms with van der Waals surface area (Å²) in [5.74, 6) is -1.98. The van der Waals surface area contributed by atoms with E-state index in [1.807, 2.05) is 0 Å². The number of rotatable bonds is 7. The van der Waals surface area contributed by atoms with Crippen LogP contribution in [0.4, 0.5) is 14.5 Å². The Bertz CT molecular complexity index is 1140. The fraction of sp³-hybridized carbons (Fsp3) is 0.0952. The zero-order chi connectivity index (χ0) is 21.7. The maximum absolute atomic E-state index is 14.1. The summed E-state index contributed by atoms with van der Waals surface area (Å²) in [6.07, 6.45) is 0.0330. The number of carbonyl (C=O) groups excluding carboxylic acids is 1. The van der Waals surface area contributed by atoms with E-state index in [1.54, 1.807) is 36.4 Å². The molecule has 30 heavy (non-hydrogen) atoms. The van der Waals surface area contributed by atoms with Crippen molar-refractivity contribution in [2.45, 2.75) is 17.4 Å². The molecule has 1 atom stereocenters. The normalized spacial score (nSPS) is 12.4. The smallest absolute Gasteiger partial charge is 0.242 e. The van der Waals surface area contributed by atoms with Crippen LogP contribution in [0.3, 0.4) is 0 Å². The molecule has 3 aromatic rings. The van der Waals surface area contributed by atoms with Gasteiger partial charge in [-0.25, -0.2) is 17.2 Å². The minimum Gasteiger partial charge on any atom is -0.322 e. The van der Waals surface area contributed by atoms with Gasteiger partial charge in [0.2, 0.25) is 15.9 Å². The zero-order valence-electron chi connectivity index (χ0n) is 15.5.